The van der Waals surface area contributed by atoms with Gasteiger partial charge in [-0.05, 0) is 11.6 Å². The number of nitrogen functional groups attached to an aromatic ring is 1. The number of hydrogen-bond donors (Lipinski definition) is 2. The van der Waals surface area contributed by atoms with Gasteiger partial charge in [-0.25, -0.2) is 0 Å². The predicted molar refractivity (Wildman–Crippen MR) is 76.8 cm³/mol. The van der Waals surface area contributed by atoms with E-state index < -0.39 is 5.97 Å². The third-order valence-electron chi connectivity index (χ3n) is 2.82. The third kappa shape index (κ3) is 4.68. The zero-order chi connectivity index (χ0) is 13.8. The van der Waals surface area contributed by atoms with Gasteiger partial charge in [-0.15, -0.1) is 0 Å². The molecule has 5 nitrogen and oxygen atoms in total. The molecular weight excluding hydrogens is 281 g/mol. The molecule has 0 unspecified atom stereocenters. The van der Waals surface area contributed by atoms with Gasteiger partial charge in [-0.2, -0.15) is 0 Å². The molecule has 0 atom stereocenters. The molecule has 6 heteroatoms. The fourth-order valence-corrected chi connectivity index (χ4v) is 1.87. The minimum Gasteiger partial charge on any atom is -1.00 e. The van der Waals surface area contributed by atoms with Crippen LogP contribution in [-0.4, -0.2) is 22.3 Å². The van der Waals surface area contributed by atoms with Crippen LogP contribution in [0.1, 0.15) is 22.9 Å². The number of benzene rings is 2. The Kier molecular flexibility index (Phi) is 7.91. The summed E-state index contributed by atoms with van der Waals surface area (Å²) in [5.74, 6) is -1.18. The number of aliphatic carboxylic acids is 1. The first-order chi connectivity index (χ1) is 9.09. The first kappa shape index (κ1) is 19.3. The van der Waals surface area contributed by atoms with E-state index in [9.17, 15) is 9.59 Å². The Labute approximate surface area is 145 Å². The van der Waals surface area contributed by atoms with Crippen LogP contribution in [0.2, 0.25) is 0 Å². The number of carboxylic acid groups (broad SMARTS) is 1. The SMILES string of the molecule is Nc1c(CC(=O)O)cccc1C(=O)c1ccccc1.O.[H-].[Na+]. The summed E-state index contributed by atoms with van der Waals surface area (Å²) in [5, 5.41) is 8.80. The van der Waals surface area contributed by atoms with Gasteiger partial charge in [0, 0.05) is 16.8 Å². The van der Waals surface area contributed by atoms with Crippen LogP contribution >= 0.6 is 0 Å². The van der Waals surface area contributed by atoms with Gasteiger partial charge < -0.3 is 17.7 Å². The van der Waals surface area contributed by atoms with Gasteiger partial charge in [-0.3, -0.25) is 9.59 Å². The Balaban J connectivity index is 0. The van der Waals surface area contributed by atoms with Crippen LogP contribution in [0, 0.1) is 0 Å². The zero-order valence-corrected chi connectivity index (χ0v) is 13.7. The van der Waals surface area contributed by atoms with Crippen molar-refractivity contribution < 1.29 is 51.2 Å². The molecule has 0 amide bonds. The van der Waals surface area contributed by atoms with E-state index in [4.69, 9.17) is 10.8 Å². The average Bonchev–Trinajstić information content (AvgIpc) is 2.41. The summed E-state index contributed by atoms with van der Waals surface area (Å²) in [6, 6.07) is 13.6. The van der Waals surface area contributed by atoms with E-state index in [1.807, 2.05) is 6.07 Å². The number of carbonyl (C=O) groups is 2. The van der Waals surface area contributed by atoms with Gasteiger partial charge in [0.05, 0.1) is 6.42 Å². The summed E-state index contributed by atoms with van der Waals surface area (Å²) in [5.41, 5.74) is 7.44. The van der Waals surface area contributed by atoms with Crippen molar-refractivity contribution in [1.29, 1.82) is 0 Å². The molecule has 2 rings (SSSR count). The average molecular weight is 297 g/mol. The maximum atomic E-state index is 12.3. The molecule has 2 aromatic carbocycles. The molecule has 0 saturated heterocycles. The first-order valence-electron chi connectivity index (χ1n) is 5.78. The van der Waals surface area contributed by atoms with Crippen molar-refractivity contribution in [2.24, 2.45) is 0 Å². The zero-order valence-electron chi connectivity index (χ0n) is 12.7. The Morgan fingerprint density at radius 3 is 2.24 bits per heavy atom. The summed E-state index contributed by atoms with van der Waals surface area (Å²) < 4.78 is 0. The van der Waals surface area contributed by atoms with Crippen LogP contribution in [0.25, 0.3) is 0 Å². The molecule has 0 aromatic heterocycles. The normalized spacial score (nSPS) is 9.14. The van der Waals surface area contributed by atoms with E-state index in [-0.39, 0.29) is 54.4 Å². The second-order valence-electron chi connectivity index (χ2n) is 4.14. The molecule has 2 aromatic rings. The maximum absolute atomic E-state index is 12.3. The Bertz CT molecular complexity index is 635. The van der Waals surface area contributed by atoms with Crippen molar-refractivity contribution in [2.45, 2.75) is 6.42 Å². The standard InChI is InChI=1S/C15H13NO3.Na.H2O.H/c16-14-11(9-13(17)18)7-4-8-12(14)15(19)10-5-2-1-3-6-10;;;/h1-8H,9,16H2,(H,17,18);;1H2;/q;+1;;-1. The van der Waals surface area contributed by atoms with Gasteiger partial charge in [0.25, 0.3) is 0 Å². The molecule has 0 spiro atoms. The fraction of sp³-hybridized carbons (Fsp3) is 0.0667. The minimum absolute atomic E-state index is 0. The molecule has 0 radical (unpaired) electrons. The second kappa shape index (κ2) is 8.59. The molecule has 0 fully saturated rings. The van der Waals surface area contributed by atoms with E-state index in [1.165, 1.54) is 0 Å². The third-order valence-corrected chi connectivity index (χ3v) is 2.82. The first-order valence-corrected chi connectivity index (χ1v) is 5.78. The van der Waals surface area contributed by atoms with Crippen molar-refractivity contribution in [3.63, 3.8) is 0 Å². The van der Waals surface area contributed by atoms with E-state index in [0.29, 0.717) is 16.7 Å². The van der Waals surface area contributed by atoms with Gasteiger partial charge in [-0.1, -0.05) is 42.5 Å². The summed E-state index contributed by atoms with van der Waals surface area (Å²) in [6.07, 6.45) is -0.193. The number of carbonyl (C=O) groups excluding carboxylic acids is 1. The van der Waals surface area contributed by atoms with E-state index in [2.05, 4.69) is 0 Å². The van der Waals surface area contributed by atoms with Gasteiger partial charge in [0.1, 0.15) is 0 Å². The van der Waals surface area contributed by atoms with Gasteiger partial charge in [0.2, 0.25) is 0 Å². The van der Waals surface area contributed by atoms with Crippen molar-refractivity contribution in [2.75, 3.05) is 5.73 Å². The summed E-state index contributed by atoms with van der Waals surface area (Å²) in [6.45, 7) is 0. The minimum atomic E-state index is -0.976. The smallest absolute Gasteiger partial charge is 1.00 e. The van der Waals surface area contributed by atoms with Gasteiger partial charge >= 0.3 is 35.5 Å². The van der Waals surface area contributed by atoms with Crippen LogP contribution in [0.4, 0.5) is 5.69 Å². The van der Waals surface area contributed by atoms with Crippen LogP contribution in [-0.2, 0) is 11.2 Å². The number of rotatable bonds is 4. The molecule has 0 aliphatic rings. The number of anilines is 1. The molecule has 0 bridgehead atoms. The molecule has 0 heterocycles. The van der Waals surface area contributed by atoms with Crippen molar-refractivity contribution in [3.8, 4) is 0 Å². The fourth-order valence-electron chi connectivity index (χ4n) is 1.87. The number of carboxylic acids is 1. The Hall–Kier alpha value is -1.66. The molecule has 5 N–H and O–H groups in total. The quantitative estimate of drug-likeness (QED) is 0.403. The monoisotopic (exact) mass is 297 g/mol. The summed E-state index contributed by atoms with van der Waals surface area (Å²) in [7, 11) is 0. The predicted octanol–water partition coefficient (Wildman–Crippen LogP) is -1.58. The van der Waals surface area contributed by atoms with Crippen molar-refractivity contribution >= 4 is 17.4 Å². The van der Waals surface area contributed by atoms with E-state index >= 15 is 0 Å². The molecular formula is C15H16NNaO4. The van der Waals surface area contributed by atoms with Crippen molar-refractivity contribution in [1.82, 2.24) is 0 Å². The maximum Gasteiger partial charge on any atom is 1.00 e. The summed E-state index contributed by atoms with van der Waals surface area (Å²) in [4.78, 5) is 23.0. The number of ketones is 1. The van der Waals surface area contributed by atoms with Crippen molar-refractivity contribution in [3.05, 3.63) is 65.2 Å². The molecule has 0 saturated carbocycles. The molecule has 106 valence electrons. The number of hydrogen-bond acceptors (Lipinski definition) is 3. The van der Waals surface area contributed by atoms with Crippen LogP contribution in [0.15, 0.2) is 48.5 Å². The van der Waals surface area contributed by atoms with Crippen LogP contribution in [0.3, 0.4) is 0 Å². The second-order valence-corrected chi connectivity index (χ2v) is 4.14. The van der Waals surface area contributed by atoms with Crippen LogP contribution < -0.4 is 35.3 Å². The topological polar surface area (TPSA) is 112 Å². The van der Waals surface area contributed by atoms with E-state index in [0.717, 1.165) is 0 Å². The van der Waals surface area contributed by atoms with Gasteiger partial charge in [0.15, 0.2) is 5.78 Å². The van der Waals surface area contributed by atoms with E-state index in [1.54, 1.807) is 42.5 Å². The Morgan fingerprint density at radius 1 is 1.05 bits per heavy atom. The largest absolute Gasteiger partial charge is 1.00 e. The molecule has 21 heavy (non-hydrogen) atoms. The summed E-state index contributed by atoms with van der Waals surface area (Å²) >= 11 is 0. The molecule has 0 aliphatic carbocycles. The van der Waals surface area contributed by atoms with Crippen LogP contribution in [0.5, 0.6) is 0 Å². The molecule has 0 aliphatic heterocycles. The number of para-hydroxylation sites is 1. The number of nitrogens with two attached hydrogens (primary N) is 1. The Morgan fingerprint density at radius 2 is 1.67 bits per heavy atom.